The topological polar surface area (TPSA) is 0 Å². The van der Waals surface area contributed by atoms with Gasteiger partial charge in [0.1, 0.15) is 0 Å². The number of rotatable bonds is 4. The lowest BCUT2D eigenvalue weighted by Gasteiger charge is -2.37. The summed E-state index contributed by atoms with van der Waals surface area (Å²) in [4.78, 5) is 6.50. The molecule has 0 saturated carbocycles. The van der Waals surface area contributed by atoms with E-state index in [0.717, 1.165) is 0 Å². The molecule has 0 fully saturated rings. The fourth-order valence-corrected chi connectivity index (χ4v) is 51.6. The number of thiophene rings is 12. The predicted molar refractivity (Wildman–Crippen MR) is 325 cm³/mol. The molecule has 63 heavy (non-hydrogen) atoms. The molecule has 0 nitrogen and oxygen atoms in total. The lowest BCUT2D eigenvalue weighted by atomic mass is 10.3. The van der Waals surface area contributed by atoms with Crippen LogP contribution in [0.5, 0.6) is 0 Å². The summed E-state index contributed by atoms with van der Waals surface area (Å²) in [6.07, 6.45) is 0. The zero-order valence-electron chi connectivity index (χ0n) is 36.5. The molecular formula is C44H40S14Si5. The highest BCUT2D eigenvalue weighted by molar-refractivity contribution is 8.03. The second-order valence-electron chi connectivity index (χ2n) is 21.3. The molecule has 12 aromatic rings. The van der Waals surface area contributed by atoms with Gasteiger partial charge < -0.3 is 0 Å². The SMILES string of the molecule is C[Si](C)(C)c1cc2c(s1)sc1sc3c(c12)Sc1c(sc2sc4sc([Si](C)(C)C)cc4c12)[Si]31c2sc3sc4sc([Si](C)(C)C)cc4c3c2Sc2c1sc1sc3sc([Si](C)(C)C)cc3c21. The number of hydrogen-bond acceptors (Lipinski definition) is 14. The van der Waals surface area contributed by atoms with Gasteiger partial charge in [0.05, 0.1) is 64.4 Å². The van der Waals surface area contributed by atoms with E-state index in [0.29, 0.717) is 0 Å². The molecule has 0 bridgehead atoms. The molecule has 0 aliphatic carbocycles. The quantitative estimate of drug-likeness (QED) is 0.161. The average Bonchev–Trinajstić information content (AvgIpc) is 3.98. The number of fused-ring (bicyclic) bond motifs is 24. The molecule has 320 valence electrons. The van der Waals surface area contributed by atoms with Crippen molar-refractivity contribution in [2.75, 3.05) is 0 Å². The fraction of sp³-hybridized carbons (Fsp3) is 0.273. The van der Waals surface area contributed by atoms with Crippen molar-refractivity contribution >= 4 is 311 Å². The first kappa shape index (κ1) is 42.2. The minimum Gasteiger partial charge on any atom is -0.134 e. The third kappa shape index (κ3) is 5.64. The van der Waals surface area contributed by atoms with Gasteiger partial charge in [-0.3, -0.25) is 0 Å². The van der Waals surface area contributed by atoms with E-state index in [-0.39, 0.29) is 0 Å². The van der Waals surface area contributed by atoms with Gasteiger partial charge in [-0.25, -0.2) is 0 Å². The van der Waals surface area contributed by atoms with Gasteiger partial charge in [0.15, 0.2) is 0 Å². The van der Waals surface area contributed by atoms with Crippen LogP contribution in [0.2, 0.25) is 78.6 Å². The Morgan fingerprint density at radius 2 is 0.508 bits per heavy atom. The van der Waals surface area contributed by atoms with Crippen LogP contribution in [0.25, 0.3) is 75.2 Å². The third-order valence-electron chi connectivity index (χ3n) is 12.7. The molecule has 2 aliphatic heterocycles. The Kier molecular flexibility index (Phi) is 8.94. The second-order valence-corrected chi connectivity index (χ2v) is 64.3. The first-order valence-electron chi connectivity index (χ1n) is 21.0. The van der Waals surface area contributed by atoms with Crippen molar-refractivity contribution in [3.63, 3.8) is 0 Å². The smallest absolute Gasteiger partial charge is 0.134 e. The first-order chi connectivity index (χ1) is 29.7. The van der Waals surface area contributed by atoms with Crippen molar-refractivity contribution in [2.45, 2.75) is 98.1 Å². The maximum atomic E-state index is 2.66. The fourth-order valence-electron chi connectivity index (χ4n) is 9.31. The molecule has 14 heterocycles. The molecule has 0 saturated heterocycles. The Labute approximate surface area is 427 Å². The minimum atomic E-state index is -2.80. The van der Waals surface area contributed by atoms with Crippen molar-refractivity contribution in [3.8, 4) is 0 Å². The lowest BCUT2D eigenvalue weighted by Crippen LogP contribution is -2.75. The van der Waals surface area contributed by atoms with E-state index in [1.165, 1.54) is 0 Å². The highest BCUT2D eigenvalue weighted by atomic mass is 32.2. The molecule has 19 heteroatoms. The largest absolute Gasteiger partial charge is 0.228 e. The number of hydrogen-bond donors (Lipinski definition) is 0. The maximum Gasteiger partial charge on any atom is 0.228 e. The van der Waals surface area contributed by atoms with Gasteiger partial charge in [-0.2, -0.15) is 0 Å². The van der Waals surface area contributed by atoms with E-state index in [1.807, 2.05) is 0 Å². The third-order valence-corrected chi connectivity index (χ3v) is 53.4. The molecule has 0 amide bonds. The summed E-state index contributed by atoms with van der Waals surface area (Å²) < 4.78 is 26.1. The van der Waals surface area contributed by atoms with Gasteiger partial charge in [-0.1, -0.05) is 102 Å². The van der Waals surface area contributed by atoms with Crippen LogP contribution in [0.15, 0.2) is 43.8 Å². The van der Waals surface area contributed by atoms with Gasteiger partial charge in [0.25, 0.3) is 0 Å². The summed E-state index contributed by atoms with van der Waals surface area (Å²) in [5, 5.41) is 12.6. The van der Waals surface area contributed by atoms with E-state index < -0.39 is 40.4 Å². The Bertz CT molecular complexity index is 3460. The van der Waals surface area contributed by atoms with Crippen LogP contribution in [0.3, 0.4) is 0 Å². The first-order valence-corrected chi connectivity index (χ1v) is 48.5. The predicted octanol–water partition coefficient (Wildman–Crippen LogP) is 16.1. The molecule has 0 radical (unpaired) electrons. The average molecular weight is 1160 g/mol. The van der Waals surface area contributed by atoms with Crippen LogP contribution in [0, 0.1) is 0 Å². The standard InChI is InChI=1S/C44H40S14Si5/c1-59(2,3)21-13-17-25-29-41(55-37(25)51-33(17)45-21)63(42-30(49-29)26-18-14-22(60(4,5)6)46-34(18)52-38(26)56-42)43-31(27-19-15-23(61(7,8)9)47-35(19)53-39(27)57-43)50-32-28-20-16-24(62(10,11)12)48-36(20)54-40(28)58-44(32)63/h13-16H,1-12H3. The highest BCUT2D eigenvalue weighted by Crippen LogP contribution is 2.59. The minimum absolute atomic E-state index is 1.47. The maximum absolute atomic E-state index is 2.80. The van der Waals surface area contributed by atoms with E-state index in [2.05, 4.69) is 262 Å². The zero-order chi connectivity index (χ0) is 43.4. The Morgan fingerprint density at radius 1 is 0.286 bits per heavy atom. The molecule has 0 unspecified atom stereocenters. The van der Waals surface area contributed by atoms with E-state index in [1.54, 1.807) is 131 Å². The summed E-state index contributed by atoms with van der Waals surface area (Å²) in [6.45, 7) is 30.4. The van der Waals surface area contributed by atoms with Gasteiger partial charge >= 0.3 is 0 Å². The van der Waals surface area contributed by atoms with Gasteiger partial charge in [-0.05, 0) is 42.3 Å². The molecule has 12 aromatic heterocycles. The van der Waals surface area contributed by atoms with Crippen LogP contribution < -0.4 is 36.0 Å². The molecular weight excluding hydrogens is 1120 g/mol. The molecule has 0 atom stereocenters. The molecule has 14 rings (SSSR count). The van der Waals surface area contributed by atoms with Gasteiger partial charge in [-0.15, -0.1) is 136 Å². The van der Waals surface area contributed by atoms with Crippen LogP contribution in [-0.4, -0.2) is 40.4 Å². The summed E-state index contributed by atoms with van der Waals surface area (Å²) in [5.41, 5.74) is 0. The van der Waals surface area contributed by atoms with Crippen molar-refractivity contribution in [3.05, 3.63) is 24.3 Å². The monoisotopic (exact) mass is 1160 g/mol. The zero-order valence-corrected chi connectivity index (χ0v) is 53.0. The molecule has 1 spiro atoms. The second kappa shape index (κ2) is 13.4. The molecule has 2 aliphatic rings. The van der Waals surface area contributed by atoms with Crippen molar-refractivity contribution < 1.29 is 0 Å². The van der Waals surface area contributed by atoms with Crippen molar-refractivity contribution in [2.24, 2.45) is 0 Å². The normalized spacial score (nSPS) is 15.9. The van der Waals surface area contributed by atoms with Crippen LogP contribution in [0.1, 0.15) is 0 Å². The van der Waals surface area contributed by atoms with Crippen molar-refractivity contribution in [1.29, 1.82) is 0 Å². The van der Waals surface area contributed by atoms with Gasteiger partial charge in [0, 0.05) is 80.7 Å². The van der Waals surface area contributed by atoms with Crippen LogP contribution in [0.4, 0.5) is 0 Å². The Balaban J connectivity index is 1.17. The summed E-state index contributed by atoms with van der Waals surface area (Å²) >= 11 is 30.3. The lowest BCUT2D eigenvalue weighted by molar-refractivity contribution is 1.57. The summed E-state index contributed by atoms with van der Waals surface area (Å²) in [7, 11) is -8.70. The van der Waals surface area contributed by atoms with Crippen LogP contribution >= 0.6 is 160 Å². The highest BCUT2D eigenvalue weighted by Gasteiger charge is 2.58. The van der Waals surface area contributed by atoms with Crippen LogP contribution in [-0.2, 0) is 0 Å². The summed E-state index contributed by atoms with van der Waals surface area (Å²) in [6, 6.07) is 10.7. The van der Waals surface area contributed by atoms with E-state index >= 15 is 0 Å². The Hall–Kier alpha value is 0.264. The summed E-state index contributed by atoms with van der Waals surface area (Å²) in [5.74, 6) is 0. The molecule has 0 N–H and O–H groups in total. The molecule has 0 aromatic carbocycles. The van der Waals surface area contributed by atoms with Gasteiger partial charge in [0.2, 0.25) is 8.07 Å². The Morgan fingerprint density at radius 3 is 0.714 bits per heavy atom. The van der Waals surface area contributed by atoms with Crippen molar-refractivity contribution in [1.82, 2.24) is 0 Å². The van der Waals surface area contributed by atoms with E-state index in [9.17, 15) is 0 Å². The van der Waals surface area contributed by atoms with E-state index in [4.69, 9.17) is 0 Å².